The molecule has 1 fully saturated rings. The molecule has 7 nitrogen and oxygen atoms in total. The van der Waals surface area contributed by atoms with Gasteiger partial charge in [-0.2, -0.15) is 8.42 Å². The third-order valence-corrected chi connectivity index (χ3v) is 7.49. The maximum Gasteiger partial charge on any atom is 0.296 e. The molecule has 4 rings (SSSR count). The van der Waals surface area contributed by atoms with E-state index in [1.165, 1.54) is 12.1 Å². The molecule has 0 saturated heterocycles. The molecule has 1 aliphatic rings. The van der Waals surface area contributed by atoms with E-state index in [1.807, 2.05) is 13.0 Å². The predicted molar refractivity (Wildman–Crippen MR) is 137 cm³/mol. The van der Waals surface area contributed by atoms with Crippen molar-refractivity contribution in [1.82, 2.24) is 4.98 Å². The normalized spacial score (nSPS) is 13.4. The van der Waals surface area contributed by atoms with Crippen LogP contribution in [0.2, 0.25) is 5.02 Å². The minimum absolute atomic E-state index is 0.0523. The lowest BCUT2D eigenvalue weighted by Gasteiger charge is -2.11. The van der Waals surface area contributed by atoms with Gasteiger partial charge >= 0.3 is 0 Å². The molecule has 2 aromatic carbocycles. The topological polar surface area (TPSA) is 91.8 Å². The standard InChI is InChI=1S/C27H28ClNO6S/c1-18-5-10-21(11-6-18)36(31,32)35-16-4-3-15-34-25-14-9-20(17-23(25)28)26(30)24-13-12-22(19-7-8-19)27(29-24)33-2/h5-6,9-14,17,19H,3-4,7-8,15-16H2,1-2H3. The molecule has 190 valence electrons. The fraction of sp³-hybridized carbons (Fsp3) is 0.333. The fourth-order valence-electron chi connectivity index (χ4n) is 3.68. The number of aromatic nitrogens is 1. The van der Waals surface area contributed by atoms with Crippen LogP contribution in [0.15, 0.2) is 59.5 Å². The van der Waals surface area contributed by atoms with Crippen LogP contribution in [0.1, 0.15) is 58.8 Å². The number of pyridine rings is 1. The number of halogens is 1. The number of benzene rings is 2. The van der Waals surface area contributed by atoms with Gasteiger partial charge in [-0.25, -0.2) is 4.98 Å². The van der Waals surface area contributed by atoms with E-state index < -0.39 is 10.1 Å². The van der Waals surface area contributed by atoms with E-state index in [0.29, 0.717) is 53.3 Å². The van der Waals surface area contributed by atoms with Crippen molar-refractivity contribution in [3.63, 3.8) is 0 Å². The predicted octanol–water partition coefficient (Wildman–Crippen LogP) is 5.72. The lowest BCUT2D eigenvalue weighted by atomic mass is 10.1. The Labute approximate surface area is 216 Å². The molecule has 0 unspecified atom stereocenters. The highest BCUT2D eigenvalue weighted by Crippen LogP contribution is 2.43. The SMILES string of the molecule is COc1nc(C(=O)c2ccc(OCCCCOS(=O)(=O)c3ccc(C)cc3)c(Cl)c2)ccc1C1CC1. The largest absolute Gasteiger partial charge is 0.492 e. The number of ketones is 1. The minimum atomic E-state index is -3.77. The van der Waals surface area contributed by atoms with Crippen LogP contribution in [0.3, 0.4) is 0 Å². The van der Waals surface area contributed by atoms with Gasteiger partial charge in [-0.05, 0) is 74.9 Å². The van der Waals surface area contributed by atoms with Crippen LogP contribution in [-0.4, -0.2) is 39.5 Å². The van der Waals surface area contributed by atoms with Gasteiger partial charge in [0.2, 0.25) is 11.7 Å². The summed E-state index contributed by atoms with van der Waals surface area (Å²) < 4.78 is 40.6. The summed E-state index contributed by atoms with van der Waals surface area (Å²) in [5, 5.41) is 0.306. The van der Waals surface area contributed by atoms with Crippen molar-refractivity contribution in [2.75, 3.05) is 20.3 Å². The van der Waals surface area contributed by atoms with E-state index in [9.17, 15) is 13.2 Å². The van der Waals surface area contributed by atoms with Gasteiger partial charge in [-0.1, -0.05) is 35.4 Å². The lowest BCUT2D eigenvalue weighted by Crippen LogP contribution is -2.09. The highest BCUT2D eigenvalue weighted by molar-refractivity contribution is 7.86. The number of hydrogen-bond donors (Lipinski definition) is 0. The van der Waals surface area contributed by atoms with E-state index >= 15 is 0 Å². The first-order valence-corrected chi connectivity index (χ1v) is 13.5. The summed E-state index contributed by atoms with van der Waals surface area (Å²) in [6.07, 6.45) is 3.28. The van der Waals surface area contributed by atoms with E-state index in [1.54, 1.807) is 43.5 Å². The minimum Gasteiger partial charge on any atom is -0.492 e. The van der Waals surface area contributed by atoms with Crippen molar-refractivity contribution in [2.45, 2.75) is 43.4 Å². The molecule has 0 aliphatic heterocycles. The van der Waals surface area contributed by atoms with Crippen molar-refractivity contribution < 1.29 is 26.9 Å². The number of nitrogens with zero attached hydrogens (tertiary/aromatic N) is 1. The Morgan fingerprint density at radius 2 is 1.75 bits per heavy atom. The number of carbonyl (C=O) groups excluding carboxylic acids is 1. The Hall–Kier alpha value is -2.94. The quantitative estimate of drug-likeness (QED) is 0.168. The molecule has 3 aromatic rings. The second kappa shape index (κ2) is 11.4. The lowest BCUT2D eigenvalue weighted by molar-refractivity contribution is 0.103. The number of methoxy groups -OCH3 is 1. The van der Waals surface area contributed by atoms with Crippen molar-refractivity contribution in [3.8, 4) is 11.6 Å². The van der Waals surface area contributed by atoms with Crippen LogP contribution in [0.25, 0.3) is 0 Å². The first-order chi connectivity index (χ1) is 17.3. The highest BCUT2D eigenvalue weighted by atomic mass is 35.5. The zero-order valence-corrected chi connectivity index (χ0v) is 21.8. The maximum absolute atomic E-state index is 12.9. The Balaban J connectivity index is 1.26. The monoisotopic (exact) mass is 529 g/mol. The number of ether oxygens (including phenoxy) is 2. The number of rotatable bonds is 12. The van der Waals surface area contributed by atoms with E-state index in [-0.39, 0.29) is 17.3 Å². The van der Waals surface area contributed by atoms with Gasteiger partial charge in [0.25, 0.3) is 10.1 Å². The zero-order valence-electron chi connectivity index (χ0n) is 20.2. The van der Waals surface area contributed by atoms with Gasteiger partial charge in [0.15, 0.2) is 0 Å². The van der Waals surface area contributed by atoms with Crippen LogP contribution >= 0.6 is 11.6 Å². The molecular weight excluding hydrogens is 502 g/mol. The van der Waals surface area contributed by atoms with Crippen LogP contribution in [0.5, 0.6) is 11.6 Å². The third kappa shape index (κ3) is 6.43. The van der Waals surface area contributed by atoms with Gasteiger partial charge in [0, 0.05) is 11.1 Å². The number of unbranched alkanes of at least 4 members (excludes halogenated alkanes) is 1. The van der Waals surface area contributed by atoms with Gasteiger partial charge in [-0.3, -0.25) is 8.98 Å². The van der Waals surface area contributed by atoms with E-state index in [4.69, 9.17) is 25.3 Å². The first kappa shape index (κ1) is 26.1. The van der Waals surface area contributed by atoms with Gasteiger partial charge in [0.1, 0.15) is 11.4 Å². The summed E-state index contributed by atoms with van der Waals surface area (Å²) >= 11 is 6.35. The summed E-state index contributed by atoms with van der Waals surface area (Å²) in [6, 6.07) is 15.0. The summed E-state index contributed by atoms with van der Waals surface area (Å²) in [6.45, 7) is 2.26. The molecule has 0 bridgehead atoms. The fourth-order valence-corrected chi connectivity index (χ4v) is 4.86. The maximum atomic E-state index is 12.9. The molecule has 1 aromatic heterocycles. The average Bonchev–Trinajstić information content (AvgIpc) is 3.71. The van der Waals surface area contributed by atoms with Crippen LogP contribution in [-0.2, 0) is 14.3 Å². The smallest absolute Gasteiger partial charge is 0.296 e. The van der Waals surface area contributed by atoms with Gasteiger partial charge < -0.3 is 9.47 Å². The Bertz CT molecular complexity index is 1340. The zero-order chi connectivity index (χ0) is 25.7. The first-order valence-electron chi connectivity index (χ1n) is 11.8. The Kier molecular flexibility index (Phi) is 8.28. The van der Waals surface area contributed by atoms with Gasteiger partial charge in [-0.15, -0.1) is 0 Å². The summed E-state index contributed by atoms with van der Waals surface area (Å²) in [4.78, 5) is 17.5. The molecule has 1 saturated carbocycles. The molecule has 36 heavy (non-hydrogen) atoms. The number of aryl methyl sites for hydroxylation is 1. The van der Waals surface area contributed by atoms with Gasteiger partial charge in [0.05, 0.1) is 30.2 Å². The molecular formula is C27H28ClNO6S. The second-order valence-electron chi connectivity index (χ2n) is 8.69. The molecule has 1 aliphatic carbocycles. The number of hydrogen-bond acceptors (Lipinski definition) is 7. The number of carbonyl (C=O) groups is 1. The third-order valence-electron chi connectivity index (χ3n) is 5.87. The molecule has 0 radical (unpaired) electrons. The molecule has 1 heterocycles. The van der Waals surface area contributed by atoms with E-state index in [2.05, 4.69) is 4.98 Å². The Morgan fingerprint density at radius 3 is 2.42 bits per heavy atom. The average molecular weight is 530 g/mol. The van der Waals surface area contributed by atoms with Crippen molar-refractivity contribution in [3.05, 3.63) is 82.0 Å². The summed E-state index contributed by atoms with van der Waals surface area (Å²) in [5.74, 6) is 1.14. The van der Waals surface area contributed by atoms with Crippen LogP contribution in [0.4, 0.5) is 0 Å². The van der Waals surface area contributed by atoms with Crippen molar-refractivity contribution in [2.24, 2.45) is 0 Å². The molecule has 0 spiro atoms. The summed E-state index contributed by atoms with van der Waals surface area (Å²) in [5.41, 5.74) is 2.70. The van der Waals surface area contributed by atoms with Crippen LogP contribution in [0, 0.1) is 6.92 Å². The molecule has 0 atom stereocenters. The summed E-state index contributed by atoms with van der Waals surface area (Å²) in [7, 11) is -2.22. The Morgan fingerprint density at radius 1 is 1.03 bits per heavy atom. The highest BCUT2D eigenvalue weighted by Gasteiger charge is 2.28. The molecule has 0 amide bonds. The van der Waals surface area contributed by atoms with Crippen molar-refractivity contribution in [1.29, 1.82) is 0 Å². The molecule has 9 heteroatoms. The van der Waals surface area contributed by atoms with Crippen LogP contribution < -0.4 is 9.47 Å². The van der Waals surface area contributed by atoms with Crippen molar-refractivity contribution >= 4 is 27.5 Å². The molecule has 0 N–H and O–H groups in total. The second-order valence-corrected chi connectivity index (χ2v) is 10.7. The van der Waals surface area contributed by atoms with E-state index in [0.717, 1.165) is 24.0 Å².